The van der Waals surface area contributed by atoms with Crippen molar-refractivity contribution in [1.29, 1.82) is 0 Å². The predicted molar refractivity (Wildman–Crippen MR) is 498 cm³/mol. The monoisotopic (exact) mass is 1840 g/mol. The Bertz CT molecular complexity index is 7250. The van der Waals surface area contributed by atoms with Crippen molar-refractivity contribution < 1.29 is 116 Å². The molecule has 25 nitrogen and oxygen atoms in total. The summed E-state index contributed by atoms with van der Waals surface area (Å²) in [5.41, 5.74) is 21.6. The molecule has 8 aromatic carbocycles. The molecule has 4 aliphatic heterocycles. The Hall–Kier alpha value is -16.3. The Morgan fingerprint density at radius 3 is 0.649 bits per heavy atom. The molecule has 658 valence electrons. The van der Waals surface area contributed by atoms with E-state index >= 15 is 0 Å². The number of carbonyl (C=O) groups is 5. The van der Waals surface area contributed by atoms with Gasteiger partial charge >= 0.3 is 58.0 Å². The van der Waals surface area contributed by atoms with Crippen LogP contribution in [-0.4, -0.2) is 127 Å². The summed E-state index contributed by atoms with van der Waals surface area (Å²) in [6, 6.07) is 72.8. The SMILES string of the molecule is COc1ccc(-c2c3nc(c(-c4ccc(OC)cc4)c4cc(C=C(C(=O)O)C(=O)O)c([n-]4)c(-c4ccc(OC)cc4)c4nc(c(-c5ccc(OC)cc5)c5ccc2[n-]5)C=C4)C=C3)cc1.COc1ccc(-c2c3nc(c(-c4ccc(OC)cc4)c4cc(C=O)c([n-]4)c(-c4ccc(OC)cc4)c4nc(c(-c5ccc(OC)cc5)c5ccc2[n-]5)C=C4)C=C3)cc1.O=C(O)CC(=O)O.[Cu+2].[Cu+2]. The number of carbonyl (C=O) groups excluding carboxylic acids is 1. The number of benzene rings is 8. The van der Waals surface area contributed by atoms with E-state index in [9.17, 15) is 34.2 Å². The number of aliphatic carboxylic acids is 4. The van der Waals surface area contributed by atoms with Gasteiger partial charge in [0.1, 0.15) is 64.3 Å². The van der Waals surface area contributed by atoms with E-state index in [4.69, 9.17) is 88.0 Å². The second-order valence-electron chi connectivity index (χ2n) is 29.3. The van der Waals surface area contributed by atoms with Crippen LogP contribution in [0.25, 0.3) is 188 Å². The standard InChI is InChI=1S/C52H40N4O8.C49H37N4O5.C3H4O4.2Cu/c1-61-34-13-5-29(6-14-34)46-39-21-22-40(53-39)47(30-7-15-35(62-2)16-8-30)42-25-26-44(55-42)49(32-11-19-37(64-4)20-12-32)50-33(27-38(51(57)58)52(59)60)28-45(56-50)48(43-24-23-41(46)54-43)31-9-17-36(63-3)18-10-31;1-55-34-13-5-29(6-14-34)45-38-21-22-39(50-38)46(30-7-15-35(56-2)16-8-30)41-25-26-43(52-41)48(32-11-19-37(58-4)20-12-32)49-33(28-54)27-44(53-49)47(42-24-23-40(45)51-42)31-9-17-36(57-3)18-10-31;4-2(5)1-3(6)7;;/h5-28H,1-4H3,(H4,53,54,55,56,57,58,59,60);5-28H,1-4H3,(H-,50,51,52,53,54);1H2,(H,4,5)(H,6,7);;/q;-1;;2*+2/p-3. The van der Waals surface area contributed by atoms with Crippen LogP contribution < -0.4 is 57.8 Å². The molecule has 0 unspecified atom stereocenters. The first-order valence-corrected chi connectivity index (χ1v) is 40.2. The number of carboxylic acid groups (broad SMARTS) is 4. The number of aldehydes is 1. The molecule has 0 fully saturated rings. The molecular formula is C104H78Cu2N8O17. The number of hydrogen-bond donors (Lipinski definition) is 4. The van der Waals surface area contributed by atoms with Gasteiger partial charge in [0.05, 0.1) is 102 Å². The Labute approximate surface area is 771 Å². The molecule has 4 N–H and O–H groups in total. The quantitative estimate of drug-likeness (QED) is 0.0161. The van der Waals surface area contributed by atoms with E-state index in [1.807, 2.05) is 261 Å². The normalized spacial score (nSPS) is 11.3. The van der Waals surface area contributed by atoms with E-state index in [1.54, 1.807) is 75.1 Å². The molecule has 0 atom stereocenters. The molecule has 6 aromatic heterocycles. The molecule has 18 rings (SSSR count). The number of methoxy groups -OCH3 is 8. The average Bonchev–Trinajstić information content (AvgIpc) is 1.60. The average molecular weight is 1840 g/mol. The van der Waals surface area contributed by atoms with Gasteiger partial charge in [0.25, 0.3) is 0 Å². The summed E-state index contributed by atoms with van der Waals surface area (Å²) in [7, 11) is 13.0. The van der Waals surface area contributed by atoms with Gasteiger partial charge in [-0.05, 0) is 252 Å². The van der Waals surface area contributed by atoms with Gasteiger partial charge in [0.15, 0.2) is 0 Å². The maximum absolute atomic E-state index is 13.1. The van der Waals surface area contributed by atoms with Crippen molar-refractivity contribution in [3.05, 3.63) is 293 Å². The van der Waals surface area contributed by atoms with Crippen LogP contribution in [0, 0.1) is 0 Å². The van der Waals surface area contributed by atoms with Crippen molar-refractivity contribution >= 4 is 129 Å². The molecule has 0 aliphatic carbocycles. The zero-order chi connectivity index (χ0) is 90.1. The number of aromatic nitrogens is 8. The fraction of sp³-hybridized carbons (Fsp3) is 0.0865. The first-order chi connectivity index (χ1) is 62.8. The minimum absolute atomic E-state index is 0. The van der Waals surface area contributed by atoms with Crippen molar-refractivity contribution in [3.63, 3.8) is 0 Å². The number of fused-ring (bicyclic) bond motifs is 16. The van der Waals surface area contributed by atoms with Crippen LogP contribution in [0.4, 0.5) is 0 Å². The van der Waals surface area contributed by atoms with E-state index in [0.717, 1.165) is 107 Å². The van der Waals surface area contributed by atoms with E-state index in [0.29, 0.717) is 135 Å². The summed E-state index contributed by atoms with van der Waals surface area (Å²) in [6.45, 7) is 0. The van der Waals surface area contributed by atoms with Crippen molar-refractivity contribution in [1.82, 2.24) is 39.9 Å². The molecule has 16 bridgehead atoms. The minimum Gasteiger partial charge on any atom is -0.657 e. The van der Waals surface area contributed by atoms with Crippen LogP contribution in [0.2, 0.25) is 0 Å². The van der Waals surface area contributed by atoms with Crippen molar-refractivity contribution in [2.75, 3.05) is 56.9 Å². The second-order valence-corrected chi connectivity index (χ2v) is 29.3. The topological polar surface area (TPSA) is 348 Å². The minimum atomic E-state index is -1.61. The Morgan fingerprint density at radius 2 is 0.458 bits per heavy atom. The molecule has 27 heteroatoms. The first kappa shape index (κ1) is 90.9. The van der Waals surface area contributed by atoms with Gasteiger partial charge in [-0.15, -0.1) is 44.1 Å². The molecule has 0 saturated heterocycles. The molecule has 10 heterocycles. The predicted octanol–water partition coefficient (Wildman–Crippen LogP) is 20.1. The number of hydrogen-bond acceptors (Lipinski definition) is 17. The van der Waals surface area contributed by atoms with E-state index in [2.05, 4.69) is 0 Å². The largest absolute Gasteiger partial charge is 2.00 e. The van der Waals surface area contributed by atoms with E-state index in [-0.39, 0.29) is 39.7 Å². The molecule has 0 saturated carbocycles. The summed E-state index contributed by atoms with van der Waals surface area (Å²) in [4.78, 5) is 99.3. The van der Waals surface area contributed by atoms with Crippen LogP contribution >= 0.6 is 0 Å². The van der Waals surface area contributed by atoms with Gasteiger partial charge in [-0.3, -0.25) is 14.4 Å². The van der Waals surface area contributed by atoms with Gasteiger partial charge in [0.2, 0.25) is 0 Å². The Morgan fingerprint density at radius 1 is 0.267 bits per heavy atom. The number of nitrogens with zero attached hydrogens (tertiary/aromatic N) is 8. The summed E-state index contributed by atoms with van der Waals surface area (Å²) in [5.74, 6) is -0.342. The van der Waals surface area contributed by atoms with E-state index < -0.39 is 35.9 Å². The molecule has 0 spiro atoms. The zero-order valence-electron chi connectivity index (χ0n) is 71.2. The fourth-order valence-corrected chi connectivity index (χ4v) is 15.5. The van der Waals surface area contributed by atoms with Gasteiger partial charge in [0, 0.05) is 0 Å². The molecular weight excluding hydrogens is 1760 g/mol. The van der Waals surface area contributed by atoms with Crippen LogP contribution in [0.5, 0.6) is 46.0 Å². The van der Waals surface area contributed by atoms with Gasteiger partial charge in [-0.2, -0.15) is 0 Å². The fourth-order valence-electron chi connectivity index (χ4n) is 15.5. The summed E-state index contributed by atoms with van der Waals surface area (Å²) >= 11 is 0. The molecule has 2 radical (unpaired) electrons. The zero-order valence-corrected chi connectivity index (χ0v) is 73.1. The van der Waals surface area contributed by atoms with Crippen LogP contribution in [0.1, 0.15) is 67.9 Å². The molecule has 14 aromatic rings. The maximum atomic E-state index is 13.1. The number of carboxylic acids is 4. The van der Waals surface area contributed by atoms with Crippen LogP contribution in [0.15, 0.2) is 236 Å². The van der Waals surface area contributed by atoms with Gasteiger partial charge in [-0.1, -0.05) is 133 Å². The molecule has 131 heavy (non-hydrogen) atoms. The summed E-state index contributed by atoms with van der Waals surface area (Å²) in [5, 5.41) is 35.7. The Kier molecular flexibility index (Phi) is 27.8. The molecule has 4 aliphatic rings. The van der Waals surface area contributed by atoms with Gasteiger partial charge in [-0.25, -0.2) is 29.5 Å². The Balaban J connectivity index is 0.000000195. The smallest absolute Gasteiger partial charge is 0.657 e. The summed E-state index contributed by atoms with van der Waals surface area (Å²) < 4.78 is 44.1. The number of rotatable bonds is 22. The first-order valence-electron chi connectivity index (χ1n) is 40.2. The summed E-state index contributed by atoms with van der Waals surface area (Å²) in [6.07, 6.45) is 16.7. The third-order valence-electron chi connectivity index (χ3n) is 21.7. The number of ether oxygens (including phenoxy) is 8. The van der Waals surface area contributed by atoms with Crippen molar-refractivity contribution in [2.24, 2.45) is 0 Å². The maximum Gasteiger partial charge on any atom is 2.00 e. The van der Waals surface area contributed by atoms with Crippen LogP contribution in [-0.2, 0) is 53.3 Å². The third-order valence-corrected chi connectivity index (χ3v) is 21.7. The second kappa shape index (κ2) is 40.1. The van der Waals surface area contributed by atoms with Crippen LogP contribution in [0.3, 0.4) is 0 Å². The third kappa shape index (κ3) is 19.2. The molecule has 0 amide bonds. The van der Waals surface area contributed by atoms with Crippen molar-refractivity contribution in [3.8, 4) is 135 Å². The van der Waals surface area contributed by atoms with Crippen molar-refractivity contribution in [2.45, 2.75) is 6.42 Å². The van der Waals surface area contributed by atoms with E-state index in [1.165, 1.54) is 0 Å². The van der Waals surface area contributed by atoms with Gasteiger partial charge < -0.3 is 78.3 Å².